The summed E-state index contributed by atoms with van der Waals surface area (Å²) < 4.78 is 1.89. The largest absolute Gasteiger partial charge is 0.342 e. The van der Waals surface area contributed by atoms with Crippen LogP contribution in [0, 0.1) is 5.41 Å². The first-order chi connectivity index (χ1) is 15.5. The Balaban J connectivity index is 1.16. The molecule has 2 amide bonds. The van der Waals surface area contributed by atoms with Gasteiger partial charge in [0.25, 0.3) is 5.91 Å². The van der Waals surface area contributed by atoms with Gasteiger partial charge in [-0.1, -0.05) is 36.8 Å². The number of likely N-dealkylation sites (tertiary alicyclic amines) is 1. The molecule has 1 aromatic heterocycles. The molecule has 0 bridgehead atoms. The maximum absolute atomic E-state index is 12.8. The fourth-order valence-corrected chi connectivity index (χ4v) is 5.52. The van der Waals surface area contributed by atoms with Crippen LogP contribution in [0.2, 0.25) is 0 Å². The Hall–Kier alpha value is -3.22. The molecule has 3 aliphatic rings. The van der Waals surface area contributed by atoms with Gasteiger partial charge in [-0.3, -0.25) is 9.59 Å². The van der Waals surface area contributed by atoms with E-state index >= 15 is 0 Å². The number of rotatable bonds is 4. The zero-order chi connectivity index (χ0) is 21.9. The summed E-state index contributed by atoms with van der Waals surface area (Å²) in [5.41, 5.74) is 3.62. The van der Waals surface area contributed by atoms with Crippen LogP contribution in [0.25, 0.3) is 10.8 Å². The van der Waals surface area contributed by atoms with Gasteiger partial charge in [-0.15, -0.1) is 5.10 Å². The van der Waals surface area contributed by atoms with Crippen LogP contribution in [0.15, 0.2) is 36.5 Å². The number of piperidine rings is 1. The lowest BCUT2D eigenvalue weighted by Gasteiger charge is -2.42. The molecule has 1 N–H and O–H groups in total. The van der Waals surface area contributed by atoms with E-state index in [9.17, 15) is 9.59 Å². The van der Waals surface area contributed by atoms with E-state index in [1.807, 2.05) is 29.1 Å². The molecule has 7 heteroatoms. The van der Waals surface area contributed by atoms with E-state index in [1.54, 1.807) is 0 Å². The van der Waals surface area contributed by atoms with Crippen molar-refractivity contribution in [3.05, 3.63) is 53.3 Å². The molecule has 2 aliphatic heterocycles. The third-order valence-corrected chi connectivity index (χ3v) is 7.69. The minimum absolute atomic E-state index is 0.0399. The summed E-state index contributed by atoms with van der Waals surface area (Å²) in [5.74, 6) is 0.643. The van der Waals surface area contributed by atoms with Gasteiger partial charge in [0.1, 0.15) is 0 Å². The van der Waals surface area contributed by atoms with Gasteiger partial charge in [0.15, 0.2) is 0 Å². The van der Waals surface area contributed by atoms with Gasteiger partial charge in [0.05, 0.1) is 12.2 Å². The van der Waals surface area contributed by atoms with Crippen molar-refractivity contribution in [3.8, 4) is 0 Å². The van der Waals surface area contributed by atoms with E-state index in [-0.39, 0.29) is 11.3 Å². The van der Waals surface area contributed by atoms with E-state index in [0.29, 0.717) is 18.4 Å². The first kappa shape index (κ1) is 19.5. The Labute approximate surface area is 186 Å². The molecule has 0 atom stereocenters. The van der Waals surface area contributed by atoms with Crippen LogP contribution >= 0.6 is 0 Å². The maximum atomic E-state index is 12.8. The quantitative estimate of drug-likeness (QED) is 0.681. The van der Waals surface area contributed by atoms with Crippen molar-refractivity contribution in [1.29, 1.82) is 0 Å². The van der Waals surface area contributed by atoms with E-state index in [4.69, 9.17) is 0 Å². The fraction of sp³-hybridized carbons (Fsp3) is 0.440. The predicted octanol–water partition coefficient (Wildman–Crippen LogP) is 3.94. The molecule has 2 aromatic carbocycles. The molecule has 0 radical (unpaired) electrons. The molecule has 1 saturated carbocycles. The average molecular weight is 430 g/mol. The number of anilines is 1. The fourth-order valence-electron chi connectivity index (χ4n) is 5.52. The normalized spacial score (nSPS) is 19.8. The molecule has 3 aromatic rings. The SMILES string of the molecule is CC1(C(=O)N2CCC(c3cn(Cc4ccc5c6c(cccc46)C(=O)N5)nn3)CC2)CCC1. The first-order valence-electron chi connectivity index (χ1n) is 11.6. The highest BCUT2D eigenvalue weighted by Crippen LogP contribution is 2.43. The number of amides is 2. The van der Waals surface area contributed by atoms with Gasteiger partial charge in [-0.2, -0.15) is 0 Å². The second-order valence-electron chi connectivity index (χ2n) is 9.78. The number of carbonyl (C=O) groups is 2. The van der Waals surface area contributed by atoms with Crippen molar-refractivity contribution in [1.82, 2.24) is 19.9 Å². The van der Waals surface area contributed by atoms with Crippen LogP contribution in [-0.2, 0) is 11.3 Å². The highest BCUT2D eigenvalue weighted by molar-refractivity contribution is 6.24. The Kier molecular flexibility index (Phi) is 4.35. The van der Waals surface area contributed by atoms with Crippen LogP contribution in [0.5, 0.6) is 0 Å². The van der Waals surface area contributed by atoms with Crippen molar-refractivity contribution < 1.29 is 9.59 Å². The summed E-state index contributed by atoms with van der Waals surface area (Å²) in [7, 11) is 0. The highest BCUT2D eigenvalue weighted by Gasteiger charge is 2.42. The summed E-state index contributed by atoms with van der Waals surface area (Å²) in [4.78, 5) is 27.0. The number of nitrogens with zero attached hydrogens (tertiary/aromatic N) is 4. The Morgan fingerprint density at radius 2 is 2.00 bits per heavy atom. The second kappa shape index (κ2) is 7.15. The molecule has 3 heterocycles. The van der Waals surface area contributed by atoms with Crippen molar-refractivity contribution in [2.75, 3.05) is 18.4 Å². The molecule has 1 aliphatic carbocycles. The molecular weight excluding hydrogens is 402 g/mol. The molecule has 0 spiro atoms. The number of carbonyl (C=O) groups excluding carboxylic acids is 2. The average Bonchev–Trinajstić information content (AvgIpc) is 3.39. The van der Waals surface area contributed by atoms with E-state index in [0.717, 1.165) is 72.1 Å². The highest BCUT2D eigenvalue weighted by atomic mass is 16.2. The number of aromatic nitrogens is 3. The summed E-state index contributed by atoms with van der Waals surface area (Å²) in [6.45, 7) is 4.34. The number of hydrogen-bond donors (Lipinski definition) is 1. The van der Waals surface area contributed by atoms with Crippen LogP contribution in [0.1, 0.15) is 66.6 Å². The smallest absolute Gasteiger partial charge is 0.256 e. The minimum Gasteiger partial charge on any atom is -0.342 e. The van der Waals surface area contributed by atoms with Gasteiger partial charge in [0, 0.05) is 47.3 Å². The maximum Gasteiger partial charge on any atom is 0.256 e. The van der Waals surface area contributed by atoms with E-state index in [1.165, 1.54) is 6.42 Å². The molecule has 7 nitrogen and oxygen atoms in total. The number of benzene rings is 2. The summed E-state index contributed by atoms with van der Waals surface area (Å²) in [6.07, 6.45) is 7.16. The standard InChI is InChI=1S/C25H27N5O2/c1-25(10-3-11-25)24(32)29-12-8-16(9-13-29)21-15-30(28-27-21)14-17-6-7-20-22-18(17)4-2-5-19(22)23(31)26-20/h2,4-7,15-16H,3,8-14H2,1H3,(H,26,31). The predicted molar refractivity (Wildman–Crippen MR) is 122 cm³/mol. The monoisotopic (exact) mass is 429 g/mol. The van der Waals surface area contributed by atoms with Crippen molar-refractivity contribution in [2.24, 2.45) is 5.41 Å². The van der Waals surface area contributed by atoms with Crippen molar-refractivity contribution >= 4 is 28.3 Å². The van der Waals surface area contributed by atoms with Gasteiger partial charge in [-0.25, -0.2) is 4.68 Å². The van der Waals surface area contributed by atoms with E-state index < -0.39 is 0 Å². The number of hydrogen-bond acceptors (Lipinski definition) is 4. The summed E-state index contributed by atoms with van der Waals surface area (Å²) in [5, 5.41) is 13.9. The van der Waals surface area contributed by atoms with Gasteiger partial charge < -0.3 is 10.2 Å². The third-order valence-electron chi connectivity index (χ3n) is 7.69. The summed E-state index contributed by atoms with van der Waals surface area (Å²) in [6, 6.07) is 9.89. The van der Waals surface area contributed by atoms with Crippen LogP contribution in [0.3, 0.4) is 0 Å². The first-order valence-corrected chi connectivity index (χ1v) is 11.6. The lowest BCUT2D eigenvalue weighted by atomic mass is 9.69. The number of nitrogens with one attached hydrogen (secondary N) is 1. The van der Waals surface area contributed by atoms with Crippen molar-refractivity contribution in [2.45, 2.75) is 51.5 Å². The van der Waals surface area contributed by atoms with Crippen molar-refractivity contribution in [3.63, 3.8) is 0 Å². The van der Waals surface area contributed by atoms with Crippen LogP contribution in [0.4, 0.5) is 5.69 Å². The molecule has 2 fully saturated rings. The molecule has 6 rings (SSSR count). The zero-order valence-corrected chi connectivity index (χ0v) is 18.3. The lowest BCUT2D eigenvalue weighted by Crippen LogP contribution is -2.48. The topological polar surface area (TPSA) is 80.1 Å². The van der Waals surface area contributed by atoms with Gasteiger partial charge in [-0.05, 0) is 48.8 Å². The second-order valence-corrected chi connectivity index (χ2v) is 9.78. The van der Waals surface area contributed by atoms with Gasteiger partial charge in [0.2, 0.25) is 5.91 Å². The third kappa shape index (κ3) is 3.02. The Bertz CT molecular complexity index is 1230. The van der Waals surface area contributed by atoms with E-state index in [2.05, 4.69) is 39.6 Å². The minimum atomic E-state index is -0.115. The molecule has 164 valence electrons. The molecule has 32 heavy (non-hydrogen) atoms. The zero-order valence-electron chi connectivity index (χ0n) is 18.3. The Morgan fingerprint density at radius 1 is 1.19 bits per heavy atom. The Morgan fingerprint density at radius 3 is 2.75 bits per heavy atom. The van der Waals surface area contributed by atoms with Crippen LogP contribution in [-0.4, -0.2) is 44.8 Å². The molecule has 0 unspecified atom stereocenters. The lowest BCUT2D eigenvalue weighted by molar-refractivity contribution is -0.147. The van der Waals surface area contributed by atoms with Crippen LogP contribution < -0.4 is 5.32 Å². The molecule has 1 saturated heterocycles. The van der Waals surface area contributed by atoms with Gasteiger partial charge >= 0.3 is 0 Å². The molecular formula is C25H27N5O2. The summed E-state index contributed by atoms with van der Waals surface area (Å²) >= 11 is 0.